The van der Waals surface area contributed by atoms with Crippen LogP contribution in [0.15, 0.2) is 0 Å². The number of ether oxygens (including phenoxy) is 2. The maximum atomic E-state index is 11.4. The van der Waals surface area contributed by atoms with Gasteiger partial charge in [0.15, 0.2) is 5.78 Å². The molecule has 1 aliphatic rings. The number of rotatable bonds is 5. The number of carbonyl (C=O) groups is 1. The Kier molecular flexibility index (Phi) is 5.07. The maximum Gasteiger partial charge on any atom is 0.172 e. The zero-order chi connectivity index (χ0) is 10.4. The molecule has 0 bridgehead atoms. The lowest BCUT2D eigenvalue weighted by molar-refractivity contribution is -0.126. The molecular weight excluding hydrogens is 182 g/mol. The normalized spacial score (nSPS) is 23.7. The fourth-order valence-electron chi connectivity index (χ4n) is 1.71. The summed E-state index contributed by atoms with van der Waals surface area (Å²) in [6.07, 6.45) is 1.03. The van der Waals surface area contributed by atoms with Gasteiger partial charge in [-0.3, -0.25) is 9.69 Å². The molecular formula is C10H19NO3. The average Bonchev–Trinajstić information content (AvgIpc) is 2.19. The molecule has 14 heavy (non-hydrogen) atoms. The van der Waals surface area contributed by atoms with Gasteiger partial charge < -0.3 is 9.47 Å². The van der Waals surface area contributed by atoms with Gasteiger partial charge in [-0.05, 0) is 6.42 Å². The summed E-state index contributed by atoms with van der Waals surface area (Å²) in [5.74, 6) is 0.146. The highest BCUT2D eigenvalue weighted by Crippen LogP contribution is 2.09. The summed E-state index contributed by atoms with van der Waals surface area (Å²) in [4.78, 5) is 13.6. The van der Waals surface area contributed by atoms with Crippen LogP contribution in [0.25, 0.3) is 0 Å². The van der Waals surface area contributed by atoms with Gasteiger partial charge in [-0.25, -0.2) is 0 Å². The molecule has 1 rings (SSSR count). The number of hydrogen-bond donors (Lipinski definition) is 0. The van der Waals surface area contributed by atoms with Crippen molar-refractivity contribution in [3.8, 4) is 0 Å². The van der Waals surface area contributed by atoms with Crippen LogP contribution in [0.2, 0.25) is 0 Å². The summed E-state index contributed by atoms with van der Waals surface area (Å²) in [5, 5.41) is 0. The highest BCUT2D eigenvalue weighted by atomic mass is 16.5. The molecule has 1 fully saturated rings. The topological polar surface area (TPSA) is 38.8 Å². The number of nitrogens with zero attached hydrogens (tertiary/aromatic N) is 1. The van der Waals surface area contributed by atoms with Crippen LogP contribution in [0.4, 0.5) is 0 Å². The Morgan fingerprint density at radius 2 is 2.43 bits per heavy atom. The zero-order valence-electron chi connectivity index (χ0n) is 8.99. The average molecular weight is 201 g/mol. The van der Waals surface area contributed by atoms with Crippen molar-refractivity contribution < 1.29 is 14.3 Å². The molecule has 1 atom stereocenters. The molecule has 0 aromatic rings. The molecule has 4 nitrogen and oxygen atoms in total. The lowest BCUT2D eigenvalue weighted by atomic mass is 10.1. The van der Waals surface area contributed by atoms with E-state index in [2.05, 4.69) is 11.8 Å². The number of hydrogen-bond acceptors (Lipinski definition) is 4. The van der Waals surface area contributed by atoms with Crippen LogP contribution in [0.1, 0.15) is 13.3 Å². The van der Waals surface area contributed by atoms with Gasteiger partial charge in [-0.2, -0.15) is 0 Å². The first-order chi connectivity index (χ1) is 6.77. The smallest absolute Gasteiger partial charge is 0.172 e. The number of morpholine rings is 1. The van der Waals surface area contributed by atoms with Crippen LogP contribution in [-0.4, -0.2) is 56.7 Å². The van der Waals surface area contributed by atoms with E-state index in [1.54, 1.807) is 7.11 Å². The van der Waals surface area contributed by atoms with Crippen molar-refractivity contribution >= 4 is 5.78 Å². The van der Waals surface area contributed by atoms with E-state index in [-0.39, 0.29) is 12.4 Å². The van der Waals surface area contributed by atoms with Gasteiger partial charge >= 0.3 is 0 Å². The SMILES string of the molecule is CCC1COCCN1CC(=O)COC. The van der Waals surface area contributed by atoms with Crippen molar-refractivity contribution in [1.82, 2.24) is 4.90 Å². The molecule has 1 saturated heterocycles. The van der Waals surface area contributed by atoms with Crippen LogP contribution >= 0.6 is 0 Å². The second-order valence-corrected chi connectivity index (χ2v) is 3.58. The molecule has 0 aromatic carbocycles. The predicted molar refractivity (Wildman–Crippen MR) is 53.4 cm³/mol. The third kappa shape index (κ3) is 3.36. The number of methoxy groups -OCH3 is 1. The Bertz CT molecular complexity index is 184. The highest BCUT2D eigenvalue weighted by Gasteiger charge is 2.22. The quantitative estimate of drug-likeness (QED) is 0.642. The maximum absolute atomic E-state index is 11.4. The van der Waals surface area contributed by atoms with Crippen LogP contribution in [0.3, 0.4) is 0 Å². The Balaban J connectivity index is 2.36. The van der Waals surface area contributed by atoms with E-state index in [0.717, 1.165) is 26.2 Å². The first-order valence-electron chi connectivity index (χ1n) is 5.10. The van der Waals surface area contributed by atoms with E-state index in [1.807, 2.05) is 0 Å². The molecule has 0 saturated carbocycles. The fraction of sp³-hybridized carbons (Fsp3) is 0.900. The van der Waals surface area contributed by atoms with Gasteiger partial charge in [0.1, 0.15) is 6.61 Å². The molecule has 0 radical (unpaired) electrons. The van der Waals surface area contributed by atoms with Crippen molar-refractivity contribution in [2.75, 3.05) is 40.0 Å². The first kappa shape index (κ1) is 11.6. The van der Waals surface area contributed by atoms with Crippen molar-refractivity contribution in [3.05, 3.63) is 0 Å². The number of Topliss-reactive ketones (excluding diaryl/α,β-unsaturated/α-hetero) is 1. The molecule has 1 unspecified atom stereocenters. The molecule has 82 valence electrons. The summed E-state index contributed by atoms with van der Waals surface area (Å²) < 4.78 is 10.2. The van der Waals surface area contributed by atoms with Crippen LogP contribution < -0.4 is 0 Å². The lowest BCUT2D eigenvalue weighted by Crippen LogP contribution is -2.47. The standard InChI is InChI=1S/C10H19NO3/c1-3-9-7-14-5-4-11(9)6-10(12)8-13-2/h9H,3-8H2,1-2H3. The molecule has 0 aromatic heterocycles. The van der Waals surface area contributed by atoms with Crippen molar-refractivity contribution in [2.45, 2.75) is 19.4 Å². The van der Waals surface area contributed by atoms with Crippen molar-refractivity contribution in [1.29, 1.82) is 0 Å². The molecule has 1 aliphatic heterocycles. The van der Waals surface area contributed by atoms with Gasteiger partial charge in [-0.15, -0.1) is 0 Å². The first-order valence-corrected chi connectivity index (χ1v) is 5.10. The summed E-state index contributed by atoms with van der Waals surface area (Å²) in [6, 6.07) is 0.393. The van der Waals surface area contributed by atoms with Crippen LogP contribution in [0, 0.1) is 0 Å². The zero-order valence-corrected chi connectivity index (χ0v) is 8.99. The third-order valence-electron chi connectivity index (χ3n) is 2.51. The van der Waals surface area contributed by atoms with E-state index < -0.39 is 0 Å². The lowest BCUT2D eigenvalue weighted by Gasteiger charge is -2.34. The molecule has 1 heterocycles. The minimum atomic E-state index is 0.146. The van der Waals surface area contributed by atoms with Gasteiger partial charge in [0, 0.05) is 19.7 Å². The van der Waals surface area contributed by atoms with E-state index in [4.69, 9.17) is 9.47 Å². The third-order valence-corrected chi connectivity index (χ3v) is 2.51. The van der Waals surface area contributed by atoms with Crippen molar-refractivity contribution in [2.24, 2.45) is 0 Å². The van der Waals surface area contributed by atoms with Crippen LogP contribution in [0.5, 0.6) is 0 Å². The Labute approximate surface area is 85.2 Å². The number of carbonyl (C=O) groups excluding carboxylic acids is 1. The molecule has 4 heteroatoms. The minimum absolute atomic E-state index is 0.146. The van der Waals surface area contributed by atoms with E-state index in [0.29, 0.717) is 12.6 Å². The highest BCUT2D eigenvalue weighted by molar-refractivity contribution is 5.81. The summed E-state index contributed by atoms with van der Waals surface area (Å²) in [5.41, 5.74) is 0. The largest absolute Gasteiger partial charge is 0.378 e. The van der Waals surface area contributed by atoms with Gasteiger partial charge in [0.05, 0.1) is 19.8 Å². The second-order valence-electron chi connectivity index (χ2n) is 3.58. The Hall–Kier alpha value is -0.450. The van der Waals surface area contributed by atoms with Crippen LogP contribution in [-0.2, 0) is 14.3 Å². The fourth-order valence-corrected chi connectivity index (χ4v) is 1.71. The number of ketones is 1. The van der Waals surface area contributed by atoms with E-state index >= 15 is 0 Å². The van der Waals surface area contributed by atoms with Gasteiger partial charge in [-0.1, -0.05) is 6.92 Å². The van der Waals surface area contributed by atoms with Gasteiger partial charge in [0.25, 0.3) is 0 Å². The predicted octanol–water partition coefficient (Wildman–Crippen LogP) is 0.313. The Morgan fingerprint density at radius 1 is 1.64 bits per heavy atom. The van der Waals surface area contributed by atoms with Gasteiger partial charge in [0.2, 0.25) is 0 Å². The second kappa shape index (κ2) is 6.11. The van der Waals surface area contributed by atoms with E-state index in [9.17, 15) is 4.79 Å². The Morgan fingerprint density at radius 3 is 3.07 bits per heavy atom. The molecule has 0 N–H and O–H groups in total. The van der Waals surface area contributed by atoms with Crippen molar-refractivity contribution in [3.63, 3.8) is 0 Å². The molecule has 0 amide bonds. The summed E-state index contributed by atoms with van der Waals surface area (Å²) in [6.45, 7) is 5.16. The van der Waals surface area contributed by atoms with E-state index in [1.165, 1.54) is 0 Å². The monoisotopic (exact) mass is 201 g/mol. The minimum Gasteiger partial charge on any atom is -0.378 e. The summed E-state index contributed by atoms with van der Waals surface area (Å²) in [7, 11) is 1.55. The molecule has 0 spiro atoms. The summed E-state index contributed by atoms with van der Waals surface area (Å²) >= 11 is 0. The molecule has 0 aliphatic carbocycles.